The average Bonchev–Trinajstić information content (AvgIpc) is 3.32. The van der Waals surface area contributed by atoms with Crippen molar-refractivity contribution in [3.05, 3.63) is 45.4 Å². The number of fused-ring (bicyclic) bond motifs is 1. The third-order valence-electron chi connectivity index (χ3n) is 6.11. The molecule has 0 aromatic carbocycles. The highest BCUT2D eigenvalue weighted by Gasteiger charge is 2.45. The van der Waals surface area contributed by atoms with Gasteiger partial charge in [-0.3, -0.25) is 14.7 Å². The van der Waals surface area contributed by atoms with Gasteiger partial charge in [0.15, 0.2) is 0 Å². The topological polar surface area (TPSA) is 108 Å². The second kappa shape index (κ2) is 9.66. The van der Waals surface area contributed by atoms with E-state index in [0.29, 0.717) is 17.5 Å². The van der Waals surface area contributed by atoms with E-state index in [9.17, 15) is 4.79 Å². The predicted octanol–water partition coefficient (Wildman–Crippen LogP) is 1.77. The molecule has 1 aromatic heterocycles. The van der Waals surface area contributed by atoms with Crippen molar-refractivity contribution >= 4 is 29.0 Å². The molecule has 1 aromatic rings. The van der Waals surface area contributed by atoms with Gasteiger partial charge < -0.3 is 26.0 Å². The first-order valence-electron chi connectivity index (χ1n) is 11.2. The molecule has 10 heteroatoms. The van der Waals surface area contributed by atoms with Crippen molar-refractivity contribution in [1.82, 2.24) is 20.4 Å². The first-order chi connectivity index (χ1) is 15.8. The van der Waals surface area contributed by atoms with Crippen LogP contribution in [0.2, 0.25) is 0 Å². The van der Waals surface area contributed by atoms with Gasteiger partial charge in [0.05, 0.1) is 24.3 Å². The van der Waals surface area contributed by atoms with Crippen molar-refractivity contribution in [2.75, 3.05) is 46.4 Å². The van der Waals surface area contributed by atoms with Crippen LogP contribution in [-0.2, 0) is 10.3 Å². The van der Waals surface area contributed by atoms with Gasteiger partial charge >= 0.3 is 0 Å². The van der Waals surface area contributed by atoms with Crippen molar-refractivity contribution < 1.29 is 9.53 Å². The lowest BCUT2D eigenvalue weighted by atomic mass is 10.0. The summed E-state index contributed by atoms with van der Waals surface area (Å²) >= 11 is 1.67. The molecule has 4 heterocycles. The summed E-state index contributed by atoms with van der Waals surface area (Å²) in [7, 11) is 1.70. The number of hydrogen-bond donors (Lipinski definition) is 3. The zero-order chi connectivity index (χ0) is 23.6. The maximum absolute atomic E-state index is 13.3. The molecule has 1 saturated heterocycles. The van der Waals surface area contributed by atoms with Crippen LogP contribution in [0.15, 0.2) is 40.1 Å². The molecule has 4 rings (SSSR count). The molecule has 3 aliphatic rings. The van der Waals surface area contributed by atoms with Gasteiger partial charge in [0.2, 0.25) is 5.96 Å². The van der Waals surface area contributed by atoms with Crippen molar-refractivity contribution in [3.8, 4) is 0 Å². The van der Waals surface area contributed by atoms with Crippen molar-refractivity contribution in [2.45, 2.75) is 32.4 Å². The first kappa shape index (κ1) is 23.5. The number of amides is 1. The number of guanidine groups is 1. The number of ether oxygens (including phenoxy) is 1. The zero-order valence-electron chi connectivity index (χ0n) is 19.7. The Balaban J connectivity index is 1.48. The van der Waals surface area contributed by atoms with Gasteiger partial charge in [0, 0.05) is 54.9 Å². The number of morpholine rings is 1. The molecule has 1 amide bonds. The lowest BCUT2D eigenvalue weighted by molar-refractivity contribution is 0.0263. The number of carbonyl (C=O) groups excluding carboxylic acids is 1. The number of rotatable bonds is 5. The second-order valence-electron chi connectivity index (χ2n) is 8.91. The molecule has 9 nitrogen and oxygen atoms in total. The standard InChI is InChI=1S/C23H33N7O2S/c1-15(24)13-19(25-4)28-22-26-6-5-17(27-22)18-14-16-20(33-18)23(2,3)30(21(16)31)8-7-29-9-11-32-12-10-29/h5-6,13-14,17H,7-12,24H2,1-4H3,(H2,25,26,27,28). The monoisotopic (exact) mass is 471 g/mol. The van der Waals surface area contributed by atoms with E-state index in [-0.39, 0.29) is 17.5 Å². The number of thiophene rings is 1. The van der Waals surface area contributed by atoms with Gasteiger partial charge in [0.1, 0.15) is 11.9 Å². The number of nitrogens with two attached hydrogens (primary N) is 1. The van der Waals surface area contributed by atoms with E-state index in [4.69, 9.17) is 15.5 Å². The Kier molecular flexibility index (Phi) is 6.87. The summed E-state index contributed by atoms with van der Waals surface area (Å²) in [4.78, 5) is 28.8. The Hall–Kier alpha value is -2.69. The van der Waals surface area contributed by atoms with Gasteiger partial charge in [-0.25, -0.2) is 4.99 Å². The van der Waals surface area contributed by atoms with E-state index >= 15 is 0 Å². The van der Waals surface area contributed by atoms with E-state index < -0.39 is 0 Å². The molecule has 1 unspecified atom stereocenters. The van der Waals surface area contributed by atoms with Crippen LogP contribution < -0.4 is 16.4 Å². The number of nitrogens with one attached hydrogen (secondary N) is 2. The summed E-state index contributed by atoms with van der Waals surface area (Å²) in [5.41, 5.74) is 6.89. The van der Waals surface area contributed by atoms with Crippen molar-refractivity contribution in [2.24, 2.45) is 15.7 Å². The second-order valence-corrected chi connectivity index (χ2v) is 9.99. The van der Waals surface area contributed by atoms with Crippen molar-refractivity contribution in [1.29, 1.82) is 0 Å². The molecule has 0 spiro atoms. The largest absolute Gasteiger partial charge is 0.402 e. The Morgan fingerprint density at radius 1 is 1.42 bits per heavy atom. The van der Waals surface area contributed by atoms with Gasteiger partial charge in [-0.1, -0.05) is 0 Å². The fourth-order valence-electron chi connectivity index (χ4n) is 4.30. The third kappa shape index (κ3) is 4.97. The Morgan fingerprint density at radius 3 is 2.85 bits per heavy atom. The molecule has 0 saturated carbocycles. The minimum Gasteiger partial charge on any atom is -0.402 e. The van der Waals surface area contributed by atoms with E-state index in [0.717, 1.165) is 54.7 Å². The lowest BCUT2D eigenvalue weighted by Gasteiger charge is -2.35. The molecular formula is C23H33N7O2S. The highest BCUT2D eigenvalue weighted by molar-refractivity contribution is 7.12. The van der Waals surface area contributed by atoms with Crippen LogP contribution in [0.25, 0.3) is 0 Å². The fourth-order valence-corrected chi connectivity index (χ4v) is 5.58. The first-order valence-corrected chi connectivity index (χ1v) is 12.1. The summed E-state index contributed by atoms with van der Waals surface area (Å²) in [5.74, 6) is 1.32. The molecule has 0 aliphatic carbocycles. The van der Waals surface area contributed by atoms with Crippen LogP contribution in [-0.4, -0.2) is 73.9 Å². The number of hydrogen-bond acceptors (Lipinski definition) is 8. The number of aliphatic imine (C=N–C) groups is 2. The average molecular weight is 472 g/mol. The van der Waals surface area contributed by atoms with E-state index in [2.05, 4.69) is 34.4 Å². The summed E-state index contributed by atoms with van der Waals surface area (Å²) in [6.07, 6.45) is 5.61. The van der Waals surface area contributed by atoms with Crippen LogP contribution in [0.3, 0.4) is 0 Å². The summed E-state index contributed by atoms with van der Waals surface area (Å²) in [5, 5.41) is 6.27. The number of nitrogens with zero attached hydrogens (tertiary/aromatic N) is 4. The number of carbonyl (C=O) groups is 1. The van der Waals surface area contributed by atoms with Gasteiger partial charge in [-0.15, -0.1) is 11.3 Å². The molecule has 0 radical (unpaired) electrons. The smallest absolute Gasteiger partial charge is 0.255 e. The third-order valence-corrected chi connectivity index (χ3v) is 7.63. The van der Waals surface area contributed by atoms with Crippen LogP contribution in [0.1, 0.15) is 46.9 Å². The molecular weight excluding hydrogens is 438 g/mol. The van der Waals surface area contributed by atoms with Crippen LogP contribution >= 0.6 is 11.3 Å². The van der Waals surface area contributed by atoms with Gasteiger partial charge in [-0.2, -0.15) is 0 Å². The van der Waals surface area contributed by atoms with Crippen LogP contribution in [0, 0.1) is 0 Å². The molecule has 4 N–H and O–H groups in total. The van der Waals surface area contributed by atoms with Crippen LogP contribution in [0.4, 0.5) is 0 Å². The minimum atomic E-state index is -0.339. The van der Waals surface area contributed by atoms with E-state index in [1.807, 2.05) is 30.2 Å². The summed E-state index contributed by atoms with van der Waals surface area (Å²) in [6.45, 7) is 11.1. The van der Waals surface area contributed by atoms with E-state index in [1.165, 1.54) is 0 Å². The normalized spacial score (nSPS) is 23.4. The number of allylic oxidation sites excluding steroid dienone is 1. The number of amidine groups is 1. The molecule has 3 aliphatic heterocycles. The highest BCUT2D eigenvalue weighted by Crippen LogP contribution is 2.45. The summed E-state index contributed by atoms with van der Waals surface area (Å²) < 4.78 is 5.43. The zero-order valence-corrected chi connectivity index (χ0v) is 20.5. The van der Waals surface area contributed by atoms with E-state index in [1.54, 1.807) is 24.5 Å². The van der Waals surface area contributed by atoms with Crippen molar-refractivity contribution in [3.63, 3.8) is 0 Å². The SMILES string of the molecule is CN=C(C=C(C)N)NC1=NC(c2cc3c(s2)C(C)(C)N(CCN2CCOCC2)C3=O)C=CN1. The molecule has 1 fully saturated rings. The van der Waals surface area contributed by atoms with Gasteiger partial charge in [-0.05, 0) is 39.0 Å². The minimum absolute atomic E-state index is 0.106. The Labute approximate surface area is 199 Å². The fraction of sp³-hybridized carbons (Fsp3) is 0.522. The lowest BCUT2D eigenvalue weighted by Crippen LogP contribution is -2.46. The predicted molar refractivity (Wildman–Crippen MR) is 133 cm³/mol. The quantitative estimate of drug-likeness (QED) is 0.446. The molecule has 33 heavy (non-hydrogen) atoms. The Morgan fingerprint density at radius 2 is 2.18 bits per heavy atom. The molecule has 1 atom stereocenters. The highest BCUT2D eigenvalue weighted by atomic mass is 32.1. The van der Waals surface area contributed by atoms with Crippen LogP contribution in [0.5, 0.6) is 0 Å². The maximum atomic E-state index is 13.3. The molecule has 0 bridgehead atoms. The Bertz CT molecular complexity index is 1010. The van der Waals surface area contributed by atoms with Gasteiger partial charge in [0.25, 0.3) is 5.91 Å². The molecule has 178 valence electrons. The summed E-state index contributed by atoms with van der Waals surface area (Å²) in [6, 6.07) is 1.84. The maximum Gasteiger partial charge on any atom is 0.255 e.